The lowest BCUT2D eigenvalue weighted by Crippen LogP contribution is -2.48. The molecule has 0 spiro atoms. The number of hydrogen-bond acceptors (Lipinski definition) is 5. The fourth-order valence-electron chi connectivity index (χ4n) is 2.07. The Morgan fingerprint density at radius 3 is 2.00 bits per heavy atom. The average Bonchev–Trinajstić information content (AvgIpc) is 2.50. The van der Waals surface area contributed by atoms with Gasteiger partial charge in [0, 0.05) is 38.4 Å². The highest BCUT2D eigenvalue weighted by atomic mass is 16.5. The number of ether oxygens (including phenoxy) is 2. The van der Waals surface area contributed by atoms with Crippen molar-refractivity contribution >= 4 is 0 Å². The lowest BCUT2D eigenvalue weighted by Gasteiger charge is -2.32. The van der Waals surface area contributed by atoms with Gasteiger partial charge in [-0.3, -0.25) is 4.90 Å². The topological polar surface area (TPSA) is 54.0 Å². The third kappa shape index (κ3) is 11.1. The highest BCUT2D eigenvalue weighted by Crippen LogP contribution is 2.10. The molecule has 0 heterocycles. The first-order chi connectivity index (χ1) is 10.1. The van der Waals surface area contributed by atoms with Gasteiger partial charge in [-0.25, -0.2) is 0 Å². The van der Waals surface area contributed by atoms with Crippen LogP contribution >= 0.6 is 0 Å². The van der Waals surface area contributed by atoms with Gasteiger partial charge >= 0.3 is 0 Å². The summed E-state index contributed by atoms with van der Waals surface area (Å²) in [6.45, 7) is 15.1. The Bertz CT molecular complexity index is 220. The molecule has 0 fully saturated rings. The van der Waals surface area contributed by atoms with Crippen LogP contribution in [0, 0.1) is 0 Å². The van der Waals surface area contributed by atoms with Crippen LogP contribution in [0.5, 0.6) is 0 Å². The van der Waals surface area contributed by atoms with Crippen LogP contribution in [-0.4, -0.2) is 74.8 Å². The largest absolute Gasteiger partial charge is 0.394 e. The lowest BCUT2D eigenvalue weighted by atomic mass is 9.98. The van der Waals surface area contributed by atoms with Crippen molar-refractivity contribution in [2.24, 2.45) is 0 Å². The summed E-state index contributed by atoms with van der Waals surface area (Å²) in [4.78, 5) is 2.35. The van der Waals surface area contributed by atoms with Crippen LogP contribution < -0.4 is 5.32 Å². The van der Waals surface area contributed by atoms with Gasteiger partial charge in [0.1, 0.15) is 0 Å². The third-order valence-corrected chi connectivity index (χ3v) is 3.64. The van der Waals surface area contributed by atoms with Crippen LogP contribution in [0.3, 0.4) is 0 Å². The molecule has 0 bridgehead atoms. The predicted molar refractivity (Wildman–Crippen MR) is 87.8 cm³/mol. The Morgan fingerprint density at radius 1 is 1.00 bits per heavy atom. The van der Waals surface area contributed by atoms with E-state index < -0.39 is 0 Å². The average molecular weight is 304 g/mol. The van der Waals surface area contributed by atoms with Gasteiger partial charge in [-0.2, -0.15) is 0 Å². The molecule has 0 amide bonds. The normalized spacial score (nSPS) is 14.6. The van der Waals surface area contributed by atoms with Crippen LogP contribution in [0.25, 0.3) is 0 Å². The van der Waals surface area contributed by atoms with Crippen LogP contribution in [0.15, 0.2) is 0 Å². The second-order valence-corrected chi connectivity index (χ2v) is 5.63. The first-order valence-corrected chi connectivity index (χ1v) is 8.35. The second-order valence-electron chi connectivity index (χ2n) is 5.63. The number of rotatable bonds is 15. The van der Waals surface area contributed by atoms with E-state index in [2.05, 4.69) is 24.1 Å². The molecular formula is C16H36N2O3. The first kappa shape index (κ1) is 20.8. The monoisotopic (exact) mass is 304 g/mol. The maximum Gasteiger partial charge on any atom is 0.0611 e. The minimum absolute atomic E-state index is 0.164. The number of aliphatic hydroxyl groups excluding tert-OH is 1. The van der Waals surface area contributed by atoms with Crippen molar-refractivity contribution in [3.63, 3.8) is 0 Å². The van der Waals surface area contributed by atoms with Crippen molar-refractivity contribution in [1.82, 2.24) is 10.2 Å². The highest BCUT2D eigenvalue weighted by molar-refractivity contribution is 4.83. The van der Waals surface area contributed by atoms with Crippen molar-refractivity contribution in [1.29, 1.82) is 0 Å². The van der Waals surface area contributed by atoms with E-state index in [1.807, 2.05) is 13.8 Å². The minimum atomic E-state index is -0.203. The van der Waals surface area contributed by atoms with Gasteiger partial charge in [0.2, 0.25) is 0 Å². The van der Waals surface area contributed by atoms with Crippen LogP contribution in [0.2, 0.25) is 0 Å². The molecule has 1 atom stereocenters. The maximum atomic E-state index is 9.62. The number of hydrogen-bond donors (Lipinski definition) is 2. The van der Waals surface area contributed by atoms with Crippen LogP contribution in [0.1, 0.15) is 40.5 Å². The van der Waals surface area contributed by atoms with Gasteiger partial charge in [0.15, 0.2) is 0 Å². The summed E-state index contributed by atoms with van der Waals surface area (Å²) in [6.07, 6.45) is 2.00. The quantitative estimate of drug-likeness (QED) is 0.449. The number of aliphatic hydroxyl groups is 1. The molecular weight excluding hydrogens is 268 g/mol. The van der Waals surface area contributed by atoms with Crippen LogP contribution in [-0.2, 0) is 9.47 Å². The van der Waals surface area contributed by atoms with E-state index in [1.165, 1.54) is 0 Å². The van der Waals surface area contributed by atoms with E-state index >= 15 is 0 Å². The minimum Gasteiger partial charge on any atom is -0.394 e. The molecule has 5 heteroatoms. The molecule has 0 radical (unpaired) electrons. The van der Waals surface area contributed by atoms with Crippen LogP contribution in [0.4, 0.5) is 0 Å². The van der Waals surface area contributed by atoms with E-state index in [0.717, 1.165) is 65.4 Å². The molecule has 21 heavy (non-hydrogen) atoms. The Kier molecular flexibility index (Phi) is 13.3. The van der Waals surface area contributed by atoms with E-state index in [-0.39, 0.29) is 12.1 Å². The Labute approximate surface area is 131 Å². The summed E-state index contributed by atoms with van der Waals surface area (Å²) in [5.74, 6) is 0. The molecule has 0 aliphatic carbocycles. The smallest absolute Gasteiger partial charge is 0.0611 e. The summed E-state index contributed by atoms with van der Waals surface area (Å²) >= 11 is 0. The Morgan fingerprint density at radius 2 is 1.57 bits per heavy atom. The van der Waals surface area contributed by atoms with Gasteiger partial charge in [0.05, 0.1) is 19.8 Å². The first-order valence-electron chi connectivity index (χ1n) is 8.35. The molecule has 0 saturated heterocycles. The zero-order chi connectivity index (χ0) is 16.0. The molecule has 0 aromatic carbocycles. The fourth-order valence-corrected chi connectivity index (χ4v) is 2.07. The van der Waals surface area contributed by atoms with Gasteiger partial charge < -0.3 is 19.9 Å². The summed E-state index contributed by atoms with van der Waals surface area (Å²) < 4.78 is 10.9. The second kappa shape index (κ2) is 13.5. The molecule has 0 saturated carbocycles. The third-order valence-electron chi connectivity index (χ3n) is 3.64. The standard InChI is InChI=1S/C16H36N2O3/c1-5-9-17-16(4,15-19)8-10-18(11-13-20-6-2)12-14-21-7-3/h17,19H,5-15H2,1-4H3. The van der Waals surface area contributed by atoms with Gasteiger partial charge in [-0.1, -0.05) is 6.92 Å². The molecule has 0 aliphatic rings. The summed E-state index contributed by atoms with van der Waals surface area (Å²) in [7, 11) is 0. The predicted octanol–water partition coefficient (Wildman–Crippen LogP) is 1.50. The number of nitrogens with zero attached hydrogens (tertiary/aromatic N) is 1. The van der Waals surface area contributed by atoms with Gasteiger partial charge in [-0.15, -0.1) is 0 Å². The van der Waals surface area contributed by atoms with E-state index in [1.54, 1.807) is 0 Å². The van der Waals surface area contributed by atoms with Gasteiger partial charge in [-0.05, 0) is 40.2 Å². The van der Waals surface area contributed by atoms with Crippen molar-refractivity contribution < 1.29 is 14.6 Å². The van der Waals surface area contributed by atoms with E-state index in [9.17, 15) is 5.11 Å². The molecule has 0 aromatic rings. The van der Waals surface area contributed by atoms with E-state index in [4.69, 9.17) is 9.47 Å². The van der Waals surface area contributed by atoms with Crippen molar-refractivity contribution in [3.8, 4) is 0 Å². The molecule has 0 aromatic heterocycles. The maximum absolute atomic E-state index is 9.62. The molecule has 2 N–H and O–H groups in total. The van der Waals surface area contributed by atoms with Crippen molar-refractivity contribution in [3.05, 3.63) is 0 Å². The van der Waals surface area contributed by atoms with Gasteiger partial charge in [0.25, 0.3) is 0 Å². The molecule has 0 rings (SSSR count). The van der Waals surface area contributed by atoms with Crippen molar-refractivity contribution in [2.45, 2.75) is 46.1 Å². The Balaban J connectivity index is 4.20. The highest BCUT2D eigenvalue weighted by Gasteiger charge is 2.23. The molecule has 1 unspecified atom stereocenters. The number of nitrogens with one attached hydrogen (secondary N) is 1. The molecule has 5 nitrogen and oxygen atoms in total. The molecule has 128 valence electrons. The fraction of sp³-hybridized carbons (Fsp3) is 1.00. The molecule has 0 aliphatic heterocycles. The Hall–Kier alpha value is -0.200. The SMILES string of the molecule is CCCNC(C)(CO)CCN(CCOCC)CCOCC. The zero-order valence-corrected chi connectivity index (χ0v) is 14.5. The summed E-state index contributed by atoms with van der Waals surface area (Å²) in [6, 6.07) is 0. The zero-order valence-electron chi connectivity index (χ0n) is 14.5. The summed E-state index contributed by atoms with van der Waals surface area (Å²) in [5.41, 5.74) is -0.203. The lowest BCUT2D eigenvalue weighted by molar-refractivity contribution is 0.0737. The summed E-state index contributed by atoms with van der Waals surface area (Å²) in [5, 5.41) is 13.1. The van der Waals surface area contributed by atoms with E-state index in [0.29, 0.717) is 0 Å². The van der Waals surface area contributed by atoms with Crippen molar-refractivity contribution in [2.75, 3.05) is 59.2 Å².